The molecule has 0 aromatic carbocycles. The number of carbonyl (C=O) groups excluding carboxylic acids is 2. The molecule has 0 aliphatic carbocycles. The lowest BCUT2D eigenvalue weighted by Crippen LogP contribution is -2.45. The van der Waals surface area contributed by atoms with Gasteiger partial charge in [-0.1, -0.05) is 0 Å². The molecule has 0 bridgehead atoms. The molecular weight excluding hydrogens is 182 g/mol. The van der Waals surface area contributed by atoms with E-state index >= 15 is 0 Å². The van der Waals surface area contributed by atoms with Crippen molar-refractivity contribution in [3.05, 3.63) is 0 Å². The highest BCUT2D eigenvalue weighted by molar-refractivity contribution is 6.06. The van der Waals surface area contributed by atoms with Crippen molar-refractivity contribution >= 4 is 24.3 Å². The van der Waals surface area contributed by atoms with Gasteiger partial charge in [0.25, 0.3) is 5.91 Å². The molecule has 1 saturated heterocycles. The van der Waals surface area contributed by atoms with Crippen LogP contribution in [0.1, 0.15) is 13.3 Å². The first-order valence-electron chi connectivity index (χ1n) is 3.42. The van der Waals surface area contributed by atoms with E-state index in [2.05, 4.69) is 10.6 Å². The first kappa shape index (κ1) is 11.2. The Morgan fingerprint density at radius 1 is 1.50 bits per heavy atom. The van der Waals surface area contributed by atoms with Gasteiger partial charge < -0.3 is 11.1 Å². The van der Waals surface area contributed by atoms with Crippen LogP contribution in [0.2, 0.25) is 0 Å². The summed E-state index contributed by atoms with van der Waals surface area (Å²) in [6, 6.07) is -0.439. The molecule has 1 atom stereocenters. The zero-order valence-corrected chi connectivity index (χ0v) is 7.53. The van der Waals surface area contributed by atoms with Gasteiger partial charge in [-0.3, -0.25) is 10.1 Å². The van der Waals surface area contributed by atoms with Crippen LogP contribution in [0.25, 0.3) is 0 Å². The van der Waals surface area contributed by atoms with Crippen LogP contribution < -0.4 is 16.4 Å². The van der Waals surface area contributed by atoms with Gasteiger partial charge in [0.05, 0.1) is 0 Å². The van der Waals surface area contributed by atoms with Crippen LogP contribution in [0.3, 0.4) is 0 Å². The first-order valence-corrected chi connectivity index (χ1v) is 3.42. The Morgan fingerprint density at radius 2 is 2.08 bits per heavy atom. The minimum absolute atomic E-state index is 0. The SMILES string of the molecule is CC1(CCN)NC(=O)NC1=O.Cl. The van der Waals surface area contributed by atoms with Crippen LogP contribution in [0.4, 0.5) is 4.79 Å². The standard InChI is InChI=1S/C6H11N3O2.ClH/c1-6(2-3-7)4(10)8-5(11)9-6;/h2-3,7H2,1H3,(H2,8,9,10,11);1H. The molecule has 1 aliphatic rings. The van der Waals surface area contributed by atoms with Crippen molar-refractivity contribution in [3.63, 3.8) is 0 Å². The third-order valence-corrected chi connectivity index (χ3v) is 1.76. The highest BCUT2D eigenvalue weighted by atomic mass is 35.5. The summed E-state index contributed by atoms with van der Waals surface area (Å²) in [6.45, 7) is 2.03. The molecule has 5 nitrogen and oxygen atoms in total. The van der Waals surface area contributed by atoms with Gasteiger partial charge in [-0.25, -0.2) is 4.79 Å². The maximum absolute atomic E-state index is 11.0. The average molecular weight is 194 g/mol. The quantitative estimate of drug-likeness (QED) is 0.510. The van der Waals surface area contributed by atoms with Gasteiger partial charge in [0, 0.05) is 0 Å². The van der Waals surface area contributed by atoms with Crippen molar-refractivity contribution in [2.75, 3.05) is 6.54 Å². The Hall–Kier alpha value is -0.810. The Kier molecular flexibility index (Phi) is 3.48. The fourth-order valence-corrected chi connectivity index (χ4v) is 1.04. The lowest BCUT2D eigenvalue weighted by molar-refractivity contribution is -0.123. The Balaban J connectivity index is 0.00000121. The van der Waals surface area contributed by atoms with Crippen LogP contribution >= 0.6 is 12.4 Å². The smallest absolute Gasteiger partial charge is 0.322 e. The van der Waals surface area contributed by atoms with Gasteiger partial charge in [0.1, 0.15) is 5.54 Å². The summed E-state index contributed by atoms with van der Waals surface area (Å²) in [7, 11) is 0. The summed E-state index contributed by atoms with van der Waals surface area (Å²) in [5.74, 6) is -0.298. The molecule has 1 unspecified atom stereocenters. The van der Waals surface area contributed by atoms with E-state index in [1.54, 1.807) is 6.92 Å². The molecule has 0 saturated carbocycles. The molecule has 6 heteroatoms. The second kappa shape index (κ2) is 3.73. The zero-order valence-electron chi connectivity index (χ0n) is 6.72. The summed E-state index contributed by atoms with van der Waals surface area (Å²) < 4.78 is 0. The molecule has 70 valence electrons. The van der Waals surface area contributed by atoms with Crippen molar-refractivity contribution in [2.45, 2.75) is 18.9 Å². The minimum Gasteiger partial charge on any atom is -0.330 e. The minimum atomic E-state index is -0.800. The Morgan fingerprint density at radius 3 is 2.42 bits per heavy atom. The van der Waals surface area contributed by atoms with E-state index in [1.807, 2.05) is 0 Å². The third kappa shape index (κ3) is 1.86. The van der Waals surface area contributed by atoms with Crippen LogP contribution in [-0.4, -0.2) is 24.0 Å². The highest BCUT2D eigenvalue weighted by Gasteiger charge is 2.40. The summed E-state index contributed by atoms with van der Waals surface area (Å²) in [5, 5.41) is 4.65. The highest BCUT2D eigenvalue weighted by Crippen LogP contribution is 2.12. The third-order valence-electron chi connectivity index (χ3n) is 1.76. The summed E-state index contributed by atoms with van der Waals surface area (Å²) in [5.41, 5.74) is 4.47. The van der Waals surface area contributed by atoms with Gasteiger partial charge in [0.15, 0.2) is 0 Å². The maximum Gasteiger partial charge on any atom is 0.322 e. The van der Waals surface area contributed by atoms with Gasteiger partial charge in [-0.2, -0.15) is 0 Å². The number of urea groups is 1. The summed E-state index contributed by atoms with van der Waals surface area (Å²) in [4.78, 5) is 21.7. The van der Waals surface area contributed by atoms with Crippen molar-refractivity contribution in [3.8, 4) is 0 Å². The van der Waals surface area contributed by atoms with Crippen LogP contribution in [0, 0.1) is 0 Å². The van der Waals surface area contributed by atoms with E-state index in [0.29, 0.717) is 13.0 Å². The molecular formula is C6H12ClN3O2. The monoisotopic (exact) mass is 193 g/mol. The Bertz CT molecular complexity index is 209. The van der Waals surface area contributed by atoms with Crippen LogP contribution in [-0.2, 0) is 4.79 Å². The van der Waals surface area contributed by atoms with E-state index in [4.69, 9.17) is 5.73 Å². The number of halogens is 1. The molecule has 0 radical (unpaired) electrons. The molecule has 0 spiro atoms. The van der Waals surface area contributed by atoms with E-state index in [9.17, 15) is 9.59 Å². The van der Waals surface area contributed by atoms with Crippen molar-refractivity contribution in [1.82, 2.24) is 10.6 Å². The molecule has 4 N–H and O–H groups in total. The number of hydrogen-bond acceptors (Lipinski definition) is 3. The molecule has 3 amide bonds. The predicted octanol–water partition coefficient (Wildman–Crippen LogP) is -0.645. The fourth-order valence-electron chi connectivity index (χ4n) is 1.04. The maximum atomic E-state index is 11.0. The zero-order chi connectivity index (χ0) is 8.48. The lowest BCUT2D eigenvalue weighted by Gasteiger charge is -2.18. The number of imide groups is 1. The summed E-state index contributed by atoms with van der Waals surface area (Å²) >= 11 is 0. The van der Waals surface area contributed by atoms with Crippen LogP contribution in [0.5, 0.6) is 0 Å². The van der Waals surface area contributed by atoms with Crippen molar-refractivity contribution in [1.29, 1.82) is 0 Å². The van der Waals surface area contributed by atoms with Gasteiger partial charge in [0.2, 0.25) is 0 Å². The fraction of sp³-hybridized carbons (Fsp3) is 0.667. The second-order valence-electron chi connectivity index (χ2n) is 2.78. The number of nitrogens with two attached hydrogens (primary N) is 1. The van der Waals surface area contributed by atoms with E-state index in [0.717, 1.165) is 0 Å². The largest absolute Gasteiger partial charge is 0.330 e. The number of amides is 3. The predicted molar refractivity (Wildman–Crippen MR) is 46.0 cm³/mol. The number of rotatable bonds is 2. The van der Waals surface area contributed by atoms with Crippen molar-refractivity contribution in [2.24, 2.45) is 5.73 Å². The van der Waals surface area contributed by atoms with E-state index < -0.39 is 11.6 Å². The van der Waals surface area contributed by atoms with Gasteiger partial charge >= 0.3 is 6.03 Å². The molecule has 1 fully saturated rings. The number of nitrogens with one attached hydrogen (secondary N) is 2. The van der Waals surface area contributed by atoms with E-state index in [1.165, 1.54) is 0 Å². The summed E-state index contributed by atoms with van der Waals surface area (Å²) in [6.07, 6.45) is 0.463. The average Bonchev–Trinajstić information content (AvgIpc) is 2.08. The van der Waals surface area contributed by atoms with Crippen LogP contribution in [0.15, 0.2) is 0 Å². The molecule has 12 heavy (non-hydrogen) atoms. The second-order valence-corrected chi connectivity index (χ2v) is 2.78. The van der Waals surface area contributed by atoms with E-state index in [-0.39, 0.29) is 18.3 Å². The Labute approximate surface area is 76.5 Å². The lowest BCUT2D eigenvalue weighted by atomic mass is 9.99. The first-order chi connectivity index (χ1) is 5.08. The molecule has 1 heterocycles. The molecule has 1 rings (SSSR count). The van der Waals surface area contributed by atoms with Gasteiger partial charge in [-0.15, -0.1) is 12.4 Å². The van der Waals surface area contributed by atoms with Gasteiger partial charge in [-0.05, 0) is 19.9 Å². The normalized spacial score (nSPS) is 27.5. The topological polar surface area (TPSA) is 84.2 Å². The molecule has 0 aromatic heterocycles. The number of carbonyl (C=O) groups is 2. The molecule has 1 aliphatic heterocycles. The molecule has 0 aromatic rings. The number of hydrogen-bond donors (Lipinski definition) is 3. The van der Waals surface area contributed by atoms with Crippen molar-refractivity contribution < 1.29 is 9.59 Å².